The number of amides is 2. The Balaban J connectivity index is 2.00. The lowest BCUT2D eigenvalue weighted by Gasteiger charge is -2.11. The van der Waals surface area contributed by atoms with Crippen LogP contribution in [-0.2, 0) is 11.2 Å². The molecule has 3 rings (SSSR count). The summed E-state index contributed by atoms with van der Waals surface area (Å²) in [5, 5.41) is 1.86. The van der Waals surface area contributed by atoms with E-state index in [1.165, 1.54) is 0 Å². The number of fused-ring (bicyclic) bond motifs is 1. The smallest absolute Gasteiger partial charge is 0.248 e. The molecular weight excluding hydrogens is 314 g/mol. The lowest BCUT2D eigenvalue weighted by atomic mass is 9.98. The number of nitrogens with zero attached hydrogens (tertiary/aromatic N) is 2. The van der Waals surface area contributed by atoms with Crippen LogP contribution in [-0.4, -0.2) is 35.8 Å². The second-order valence-corrected chi connectivity index (χ2v) is 6.15. The fraction of sp³-hybridized carbons (Fsp3) is 0.150. The van der Waals surface area contributed by atoms with E-state index in [9.17, 15) is 9.59 Å². The molecule has 25 heavy (non-hydrogen) atoms. The van der Waals surface area contributed by atoms with Gasteiger partial charge in [-0.25, -0.2) is 0 Å². The largest absolute Gasteiger partial charge is 0.366 e. The first-order chi connectivity index (χ1) is 12.0. The zero-order chi connectivity index (χ0) is 18.0. The summed E-state index contributed by atoms with van der Waals surface area (Å²) in [6.45, 7) is 0. The van der Waals surface area contributed by atoms with Crippen LogP contribution in [0.3, 0.4) is 0 Å². The number of carbonyl (C=O) groups is 2. The molecule has 0 bridgehead atoms. The average Bonchev–Trinajstić information content (AvgIpc) is 2.61. The topological polar surface area (TPSA) is 76.3 Å². The van der Waals surface area contributed by atoms with E-state index in [0.29, 0.717) is 12.0 Å². The molecular formula is C20H19N3O2. The number of pyridine rings is 1. The number of carbonyl (C=O) groups excluding carboxylic acids is 2. The maximum absolute atomic E-state index is 11.8. The number of rotatable bonds is 4. The predicted octanol–water partition coefficient (Wildman–Crippen LogP) is 2.63. The first-order valence-corrected chi connectivity index (χ1v) is 7.93. The molecule has 0 atom stereocenters. The number of hydrogen-bond acceptors (Lipinski definition) is 3. The quantitative estimate of drug-likeness (QED) is 0.797. The van der Waals surface area contributed by atoms with Gasteiger partial charge in [0.2, 0.25) is 11.8 Å². The Morgan fingerprint density at radius 1 is 1.04 bits per heavy atom. The third kappa shape index (κ3) is 3.50. The Morgan fingerprint density at radius 3 is 2.40 bits per heavy atom. The van der Waals surface area contributed by atoms with E-state index >= 15 is 0 Å². The van der Waals surface area contributed by atoms with Gasteiger partial charge in [-0.15, -0.1) is 0 Å². The molecule has 0 radical (unpaired) electrons. The van der Waals surface area contributed by atoms with Crippen molar-refractivity contribution >= 4 is 22.6 Å². The fourth-order valence-electron chi connectivity index (χ4n) is 2.68. The highest BCUT2D eigenvalue weighted by atomic mass is 16.2. The van der Waals surface area contributed by atoms with Gasteiger partial charge in [0.15, 0.2) is 0 Å². The Kier molecular flexibility index (Phi) is 4.48. The third-order valence-corrected chi connectivity index (χ3v) is 4.16. The molecule has 2 amide bonds. The molecule has 126 valence electrons. The van der Waals surface area contributed by atoms with Gasteiger partial charge < -0.3 is 10.6 Å². The van der Waals surface area contributed by atoms with E-state index < -0.39 is 5.91 Å². The van der Waals surface area contributed by atoms with E-state index in [2.05, 4.69) is 4.98 Å². The molecule has 0 saturated heterocycles. The molecule has 0 aliphatic heterocycles. The minimum absolute atomic E-state index is 0.0608. The SMILES string of the molecule is CN(C)C(=O)Cc1ccc(-c2cncc3ccc(C(N)=O)cc23)cc1. The molecule has 1 heterocycles. The Morgan fingerprint density at radius 2 is 1.76 bits per heavy atom. The number of nitrogens with two attached hydrogens (primary N) is 1. The number of likely N-dealkylation sites (N-methyl/N-ethyl adjacent to an activating group) is 1. The monoisotopic (exact) mass is 333 g/mol. The molecule has 1 aromatic heterocycles. The van der Waals surface area contributed by atoms with Crippen LogP contribution in [0, 0.1) is 0 Å². The highest BCUT2D eigenvalue weighted by Crippen LogP contribution is 2.28. The lowest BCUT2D eigenvalue weighted by molar-refractivity contribution is -0.127. The van der Waals surface area contributed by atoms with Crippen LogP contribution in [0.25, 0.3) is 21.9 Å². The minimum Gasteiger partial charge on any atom is -0.366 e. The van der Waals surface area contributed by atoms with Crippen LogP contribution in [0.4, 0.5) is 0 Å². The summed E-state index contributed by atoms with van der Waals surface area (Å²) >= 11 is 0. The molecule has 0 aliphatic rings. The van der Waals surface area contributed by atoms with Crippen molar-refractivity contribution in [3.8, 4) is 11.1 Å². The molecule has 0 fully saturated rings. The summed E-state index contributed by atoms with van der Waals surface area (Å²) in [5.41, 5.74) is 8.71. The van der Waals surface area contributed by atoms with Crippen molar-refractivity contribution in [3.05, 3.63) is 66.0 Å². The summed E-state index contributed by atoms with van der Waals surface area (Å²) in [6.07, 6.45) is 3.90. The van der Waals surface area contributed by atoms with Gasteiger partial charge in [-0.2, -0.15) is 0 Å². The minimum atomic E-state index is -0.456. The molecule has 5 nitrogen and oxygen atoms in total. The molecule has 5 heteroatoms. The fourth-order valence-corrected chi connectivity index (χ4v) is 2.68. The van der Waals surface area contributed by atoms with Crippen molar-refractivity contribution in [1.29, 1.82) is 0 Å². The molecule has 0 unspecified atom stereocenters. The van der Waals surface area contributed by atoms with Crippen molar-refractivity contribution in [2.24, 2.45) is 5.73 Å². The van der Waals surface area contributed by atoms with Crippen molar-refractivity contribution in [2.45, 2.75) is 6.42 Å². The molecule has 2 N–H and O–H groups in total. The summed E-state index contributed by atoms with van der Waals surface area (Å²) in [4.78, 5) is 29.1. The Bertz CT molecular complexity index is 947. The second kappa shape index (κ2) is 6.73. The highest BCUT2D eigenvalue weighted by Gasteiger charge is 2.09. The summed E-state index contributed by atoms with van der Waals surface area (Å²) in [6, 6.07) is 13.1. The van der Waals surface area contributed by atoms with Crippen LogP contribution in [0.2, 0.25) is 0 Å². The maximum Gasteiger partial charge on any atom is 0.248 e. The van der Waals surface area contributed by atoms with Gasteiger partial charge in [-0.3, -0.25) is 14.6 Å². The second-order valence-electron chi connectivity index (χ2n) is 6.15. The molecule has 3 aromatic rings. The molecule has 2 aromatic carbocycles. The van der Waals surface area contributed by atoms with Crippen LogP contribution in [0.1, 0.15) is 15.9 Å². The van der Waals surface area contributed by atoms with Crippen molar-refractivity contribution in [3.63, 3.8) is 0 Å². The Hall–Kier alpha value is -3.21. The first-order valence-electron chi connectivity index (χ1n) is 7.93. The third-order valence-electron chi connectivity index (χ3n) is 4.16. The van der Waals surface area contributed by atoms with Gasteiger partial charge in [0.1, 0.15) is 0 Å². The van der Waals surface area contributed by atoms with Crippen LogP contribution >= 0.6 is 0 Å². The highest BCUT2D eigenvalue weighted by molar-refractivity contribution is 6.02. The van der Waals surface area contributed by atoms with Gasteiger partial charge in [0, 0.05) is 43.0 Å². The van der Waals surface area contributed by atoms with Gasteiger partial charge >= 0.3 is 0 Å². The van der Waals surface area contributed by atoms with E-state index in [-0.39, 0.29) is 5.91 Å². The average molecular weight is 333 g/mol. The van der Waals surface area contributed by atoms with Gasteiger partial charge in [0.25, 0.3) is 0 Å². The molecule has 0 aliphatic carbocycles. The van der Waals surface area contributed by atoms with E-state index in [4.69, 9.17) is 5.73 Å². The van der Waals surface area contributed by atoms with Crippen molar-refractivity contribution < 1.29 is 9.59 Å². The summed E-state index contributed by atoms with van der Waals surface area (Å²) in [7, 11) is 3.49. The number of primary amides is 1. The van der Waals surface area contributed by atoms with Gasteiger partial charge in [0.05, 0.1) is 6.42 Å². The number of benzene rings is 2. The van der Waals surface area contributed by atoms with Crippen molar-refractivity contribution in [2.75, 3.05) is 14.1 Å². The van der Waals surface area contributed by atoms with E-state index in [1.54, 1.807) is 43.5 Å². The van der Waals surface area contributed by atoms with E-state index in [1.807, 2.05) is 30.3 Å². The zero-order valence-electron chi connectivity index (χ0n) is 14.2. The van der Waals surface area contributed by atoms with Crippen molar-refractivity contribution in [1.82, 2.24) is 9.88 Å². The van der Waals surface area contributed by atoms with Crippen LogP contribution in [0.15, 0.2) is 54.9 Å². The first kappa shape index (κ1) is 16.6. The van der Waals surface area contributed by atoms with Crippen LogP contribution in [0.5, 0.6) is 0 Å². The Labute approximate surface area is 146 Å². The normalized spacial score (nSPS) is 10.6. The van der Waals surface area contributed by atoms with Gasteiger partial charge in [-0.05, 0) is 28.6 Å². The summed E-state index contributed by atoms with van der Waals surface area (Å²) in [5.74, 6) is -0.395. The van der Waals surface area contributed by atoms with Crippen LogP contribution < -0.4 is 5.73 Å². The lowest BCUT2D eigenvalue weighted by Crippen LogP contribution is -2.23. The predicted molar refractivity (Wildman–Crippen MR) is 98.1 cm³/mol. The van der Waals surface area contributed by atoms with Gasteiger partial charge in [-0.1, -0.05) is 30.3 Å². The maximum atomic E-state index is 11.8. The number of aromatic nitrogens is 1. The molecule has 0 spiro atoms. The molecule has 0 saturated carbocycles. The number of hydrogen-bond donors (Lipinski definition) is 1. The standard InChI is InChI=1S/C20H19N3O2/c1-23(2)19(24)9-13-3-5-14(6-4-13)18-12-22-11-16-8-7-15(20(21)25)10-17(16)18/h3-8,10-12H,9H2,1-2H3,(H2,21,25). The van der Waals surface area contributed by atoms with E-state index in [0.717, 1.165) is 27.5 Å². The zero-order valence-corrected chi connectivity index (χ0v) is 14.2. The summed E-state index contributed by atoms with van der Waals surface area (Å²) < 4.78 is 0.